The number of anilines is 2. The molecule has 0 saturated heterocycles. The minimum absolute atomic E-state index is 0.00769. The van der Waals surface area contributed by atoms with Gasteiger partial charge in [0.1, 0.15) is 5.75 Å². The maximum absolute atomic E-state index is 15.0. The predicted molar refractivity (Wildman–Crippen MR) is 231 cm³/mol. The Kier molecular flexibility index (Phi) is 13.2. The molecule has 0 spiro atoms. The highest BCUT2D eigenvalue weighted by Gasteiger charge is 2.73. The lowest BCUT2D eigenvalue weighted by Crippen LogP contribution is -2.54. The van der Waals surface area contributed by atoms with Crippen molar-refractivity contribution in [1.29, 1.82) is 0 Å². The van der Waals surface area contributed by atoms with Crippen LogP contribution in [-0.2, 0) is 5.41 Å². The minimum Gasteiger partial charge on any atom is -0.494 e. The number of nitrogens with one attached hydrogen (secondary N) is 2. The molecule has 0 fully saturated rings. The van der Waals surface area contributed by atoms with Crippen LogP contribution in [0.25, 0.3) is 10.8 Å². The number of alkyl halides is 6. The number of rotatable bonds is 10. The summed E-state index contributed by atoms with van der Waals surface area (Å²) in [7, 11) is 1.19. The van der Waals surface area contributed by atoms with Crippen molar-refractivity contribution in [3.8, 4) is 11.5 Å². The van der Waals surface area contributed by atoms with E-state index in [9.17, 15) is 19.2 Å². The summed E-state index contributed by atoms with van der Waals surface area (Å²) in [5.74, 6) is -2.89. The fourth-order valence-corrected chi connectivity index (χ4v) is 9.42. The third-order valence-corrected chi connectivity index (χ3v) is 11.8. The van der Waals surface area contributed by atoms with Crippen LogP contribution in [0.2, 0.25) is 0 Å². The van der Waals surface area contributed by atoms with Crippen molar-refractivity contribution in [1.82, 2.24) is 0 Å². The van der Waals surface area contributed by atoms with Crippen LogP contribution in [0.15, 0.2) is 127 Å². The topological polar surface area (TPSA) is 111 Å². The number of hydrogen-bond donors (Lipinski definition) is 2. The molecule has 0 unspecified atom stereocenters. The number of halogens is 10. The number of amides is 2. The van der Waals surface area contributed by atoms with Crippen LogP contribution in [0.5, 0.6) is 11.5 Å². The van der Waals surface area contributed by atoms with Crippen molar-refractivity contribution in [3.63, 3.8) is 0 Å². The van der Waals surface area contributed by atoms with Crippen LogP contribution in [0.4, 0.5) is 37.7 Å². The molecule has 6 aromatic rings. The van der Waals surface area contributed by atoms with Crippen molar-refractivity contribution < 1.29 is 55.0 Å². The maximum Gasteiger partial charge on any atom is 0.411 e. The molecular weight excluding hydrogens is 1070 g/mol. The van der Waals surface area contributed by atoms with E-state index in [0.717, 1.165) is 0 Å². The average molecular weight is 1100 g/mol. The van der Waals surface area contributed by atoms with Gasteiger partial charge < -0.3 is 20.1 Å². The van der Waals surface area contributed by atoms with Gasteiger partial charge in [0.2, 0.25) is 5.41 Å². The molecule has 2 amide bonds. The zero-order chi connectivity index (χ0) is 44.6. The van der Waals surface area contributed by atoms with Crippen LogP contribution in [0.3, 0.4) is 0 Å². The summed E-state index contributed by atoms with van der Waals surface area (Å²) in [6.45, 7) is 1.39. The van der Waals surface area contributed by atoms with Crippen molar-refractivity contribution in [3.05, 3.63) is 160 Å². The standard InChI is InChI=1S/C43H26Br4F6N2O6/c1-21(56)22-7-3-8-23(15-22)38(57)54-34-13-5-12-29-28(34)11-6-14-35(29)55-39(58)24-9-4-10-25(16-24)40(59)61-37-32(46)19-27(20-33(37)47)41(42(48,49)50,43(51,52)53)26-17-30(44)36(60-2)31(45)18-26/h3-20H,1-2H3,(H,54,57)(H,55,58). The van der Waals surface area contributed by atoms with E-state index in [1.165, 1.54) is 44.4 Å². The van der Waals surface area contributed by atoms with E-state index in [1.807, 2.05) is 0 Å². The van der Waals surface area contributed by atoms with Crippen LogP contribution in [0.1, 0.15) is 59.5 Å². The lowest BCUT2D eigenvalue weighted by molar-refractivity contribution is -0.288. The molecule has 0 aliphatic rings. The number of Topliss-reactive ketones (excluding diaryl/α,β-unsaturated/α-hetero) is 1. The maximum atomic E-state index is 15.0. The average Bonchev–Trinajstić information content (AvgIpc) is 3.18. The Morgan fingerprint density at radius 2 is 0.902 bits per heavy atom. The van der Waals surface area contributed by atoms with Gasteiger partial charge in [-0.1, -0.05) is 42.5 Å². The first-order valence-corrected chi connectivity index (χ1v) is 20.6. The van der Waals surface area contributed by atoms with E-state index >= 15 is 26.3 Å². The molecule has 61 heavy (non-hydrogen) atoms. The summed E-state index contributed by atoms with van der Waals surface area (Å²) in [4.78, 5) is 51.9. The minimum atomic E-state index is -5.94. The molecule has 0 radical (unpaired) electrons. The third kappa shape index (κ3) is 8.99. The Labute approximate surface area is 376 Å². The summed E-state index contributed by atoms with van der Waals surface area (Å²) in [6, 6.07) is 24.0. The molecular formula is C43H26Br4F6N2O6. The highest BCUT2D eigenvalue weighted by atomic mass is 79.9. The normalized spacial score (nSPS) is 11.9. The van der Waals surface area contributed by atoms with Crippen molar-refractivity contribution in [2.45, 2.75) is 24.7 Å². The Bertz CT molecular complexity index is 2700. The molecule has 2 N–H and O–H groups in total. The van der Waals surface area contributed by atoms with Gasteiger partial charge in [-0.05, 0) is 149 Å². The van der Waals surface area contributed by atoms with E-state index in [1.54, 1.807) is 54.6 Å². The van der Waals surface area contributed by atoms with Crippen LogP contribution < -0.4 is 20.1 Å². The molecule has 0 heterocycles. The van der Waals surface area contributed by atoms with Gasteiger partial charge in [-0.3, -0.25) is 14.4 Å². The highest BCUT2D eigenvalue weighted by Crippen LogP contribution is 2.58. The smallest absolute Gasteiger partial charge is 0.411 e. The first kappa shape index (κ1) is 45.5. The summed E-state index contributed by atoms with van der Waals surface area (Å²) >= 11 is 12.0. The molecule has 314 valence electrons. The van der Waals surface area contributed by atoms with E-state index in [4.69, 9.17) is 9.47 Å². The Hall–Kier alpha value is -5.04. The Balaban J connectivity index is 1.26. The van der Waals surface area contributed by atoms with Gasteiger partial charge in [-0.25, -0.2) is 4.79 Å². The van der Waals surface area contributed by atoms with Gasteiger partial charge in [-0.15, -0.1) is 0 Å². The number of carbonyl (C=O) groups excluding carboxylic acids is 4. The van der Waals surface area contributed by atoms with Gasteiger partial charge in [-0.2, -0.15) is 26.3 Å². The van der Waals surface area contributed by atoms with E-state index in [-0.39, 0.29) is 37.2 Å². The molecule has 0 aromatic heterocycles. The first-order chi connectivity index (χ1) is 28.7. The molecule has 18 heteroatoms. The monoisotopic (exact) mass is 1100 g/mol. The van der Waals surface area contributed by atoms with E-state index in [0.29, 0.717) is 52.0 Å². The molecule has 0 atom stereocenters. The van der Waals surface area contributed by atoms with Crippen LogP contribution in [0, 0.1) is 0 Å². The number of ether oxygens (including phenoxy) is 2. The summed E-state index contributed by atoms with van der Waals surface area (Å²) < 4.78 is 99.3. The fourth-order valence-electron chi connectivity index (χ4n) is 6.56. The second-order valence-electron chi connectivity index (χ2n) is 13.2. The second-order valence-corrected chi connectivity index (χ2v) is 16.6. The molecule has 0 aliphatic heterocycles. The molecule has 6 aromatic carbocycles. The quantitative estimate of drug-likeness (QED) is 0.0612. The molecule has 0 bridgehead atoms. The lowest BCUT2D eigenvalue weighted by atomic mass is 9.73. The van der Waals surface area contributed by atoms with Crippen molar-refractivity contribution in [2.75, 3.05) is 17.7 Å². The number of methoxy groups -OCH3 is 1. The molecule has 8 nitrogen and oxygen atoms in total. The first-order valence-electron chi connectivity index (χ1n) is 17.4. The predicted octanol–water partition coefficient (Wildman–Crippen LogP) is 13.2. The molecule has 0 aliphatic carbocycles. The highest BCUT2D eigenvalue weighted by molar-refractivity contribution is 9.11. The summed E-state index contributed by atoms with van der Waals surface area (Å²) in [5.41, 5.74) is -5.79. The third-order valence-electron chi connectivity index (χ3n) is 9.42. The number of hydrogen-bond acceptors (Lipinski definition) is 6. The van der Waals surface area contributed by atoms with Gasteiger partial charge in [0, 0.05) is 38.8 Å². The van der Waals surface area contributed by atoms with Crippen molar-refractivity contribution >= 4 is 109 Å². The Morgan fingerprint density at radius 3 is 1.31 bits per heavy atom. The number of benzene rings is 6. The van der Waals surface area contributed by atoms with Crippen LogP contribution in [-0.4, -0.2) is 43.0 Å². The largest absolute Gasteiger partial charge is 0.494 e. The van der Waals surface area contributed by atoms with Gasteiger partial charge in [0.05, 0.1) is 30.6 Å². The van der Waals surface area contributed by atoms with E-state index < -0.39 is 61.4 Å². The van der Waals surface area contributed by atoms with Gasteiger partial charge in [0.15, 0.2) is 11.5 Å². The Morgan fingerprint density at radius 1 is 0.525 bits per heavy atom. The van der Waals surface area contributed by atoms with Gasteiger partial charge in [0.25, 0.3) is 11.8 Å². The van der Waals surface area contributed by atoms with Crippen molar-refractivity contribution in [2.24, 2.45) is 0 Å². The summed E-state index contributed by atoms with van der Waals surface area (Å²) in [5, 5.41) is 6.74. The number of fused-ring (bicyclic) bond motifs is 1. The summed E-state index contributed by atoms with van der Waals surface area (Å²) in [6.07, 6.45) is -11.9. The zero-order valence-corrected chi connectivity index (χ0v) is 37.5. The SMILES string of the molecule is COc1c(Br)cc(C(c2cc(Br)c(OC(=O)c3cccc(C(=O)Nc4cccc5c(NC(=O)c6cccc(C(C)=O)c6)cccc45)c3)c(Br)c2)(C(F)(F)F)C(F)(F)F)cc1Br. The number of esters is 1. The second kappa shape index (κ2) is 17.7. The van der Waals surface area contributed by atoms with Gasteiger partial charge >= 0.3 is 18.3 Å². The van der Waals surface area contributed by atoms with E-state index in [2.05, 4.69) is 74.4 Å². The lowest BCUT2D eigenvalue weighted by Gasteiger charge is -2.39. The zero-order valence-electron chi connectivity index (χ0n) is 31.1. The molecule has 0 saturated carbocycles. The number of ketones is 1. The fraction of sp³-hybridized carbons (Fsp3) is 0.116. The van der Waals surface area contributed by atoms with Crippen LogP contribution >= 0.6 is 63.7 Å². The number of carbonyl (C=O) groups is 4. The molecule has 6 rings (SSSR count).